The van der Waals surface area contributed by atoms with Crippen molar-refractivity contribution in [3.05, 3.63) is 259 Å². The van der Waals surface area contributed by atoms with Gasteiger partial charge in [0.25, 0.3) is 0 Å². The van der Waals surface area contributed by atoms with Crippen LogP contribution in [0.3, 0.4) is 0 Å². The molecule has 0 saturated heterocycles. The highest BCUT2D eigenvalue weighted by Gasteiger charge is 2.16. The molecule has 0 aliphatic carbocycles. The Morgan fingerprint density at radius 2 is 0.758 bits per heavy atom. The second kappa shape index (κ2) is 15.9. The summed E-state index contributed by atoms with van der Waals surface area (Å²) < 4.78 is 2.39. The summed E-state index contributed by atoms with van der Waals surface area (Å²) in [4.78, 5) is 0. The lowest BCUT2D eigenvalue weighted by atomic mass is 9.88. The van der Waals surface area contributed by atoms with E-state index in [0.29, 0.717) is 0 Å². The van der Waals surface area contributed by atoms with Gasteiger partial charge < -0.3 is 4.57 Å². The van der Waals surface area contributed by atoms with Crippen LogP contribution in [0.25, 0.3) is 93.9 Å². The Bertz CT molecular complexity index is 3410. The third-order valence-electron chi connectivity index (χ3n) is 12.4. The fourth-order valence-electron chi connectivity index (χ4n) is 9.20. The second-order valence-electron chi connectivity index (χ2n) is 16.2. The third kappa shape index (κ3) is 6.90. The van der Waals surface area contributed by atoms with Crippen molar-refractivity contribution in [2.45, 2.75) is 6.92 Å². The van der Waals surface area contributed by atoms with Crippen LogP contribution in [-0.4, -0.2) is 4.57 Å². The van der Waals surface area contributed by atoms with Gasteiger partial charge in [-0.2, -0.15) is 0 Å². The van der Waals surface area contributed by atoms with E-state index >= 15 is 0 Å². The topological polar surface area (TPSA) is 4.93 Å². The van der Waals surface area contributed by atoms with E-state index in [-0.39, 0.29) is 0 Å². The van der Waals surface area contributed by atoms with Crippen LogP contribution in [0.5, 0.6) is 0 Å². The molecule has 0 atom stereocenters. The van der Waals surface area contributed by atoms with E-state index in [1.54, 1.807) is 0 Å². The molecule has 10 aromatic carbocycles. The van der Waals surface area contributed by atoms with E-state index in [0.717, 1.165) is 5.69 Å². The Morgan fingerprint density at radius 1 is 0.290 bits per heavy atom. The largest absolute Gasteiger partial charge is 0.309 e. The smallest absolute Gasteiger partial charge is 0.0541 e. The summed E-state index contributed by atoms with van der Waals surface area (Å²) in [6, 6.07) is 88.3. The molecule has 0 N–H and O–H groups in total. The average Bonchev–Trinajstić information content (AvgIpc) is 3.68. The van der Waals surface area contributed by atoms with Crippen LogP contribution >= 0.6 is 0 Å². The maximum atomic E-state index is 2.39. The van der Waals surface area contributed by atoms with Gasteiger partial charge in [0.05, 0.1) is 11.0 Å². The van der Waals surface area contributed by atoms with Gasteiger partial charge in [-0.25, -0.2) is 0 Å². The zero-order valence-electron chi connectivity index (χ0n) is 34.5. The summed E-state index contributed by atoms with van der Waals surface area (Å²) in [7, 11) is 0. The van der Waals surface area contributed by atoms with Crippen molar-refractivity contribution in [2.24, 2.45) is 0 Å². The number of rotatable bonds is 8. The molecular weight excluding hydrogens is 747 g/mol. The second-order valence-corrected chi connectivity index (χ2v) is 16.2. The molecule has 0 spiro atoms. The zero-order valence-corrected chi connectivity index (χ0v) is 34.5. The van der Waals surface area contributed by atoms with Gasteiger partial charge in [0, 0.05) is 16.5 Å². The van der Waals surface area contributed by atoms with Crippen molar-refractivity contribution >= 4 is 43.7 Å². The molecule has 0 unspecified atom stereocenters. The van der Waals surface area contributed by atoms with Crippen molar-refractivity contribution in [3.8, 4) is 50.2 Å². The molecule has 0 aliphatic heterocycles. The van der Waals surface area contributed by atoms with Crippen LogP contribution in [-0.2, 0) is 0 Å². The van der Waals surface area contributed by atoms with Crippen LogP contribution in [0.1, 0.15) is 23.6 Å². The fourth-order valence-corrected chi connectivity index (χ4v) is 9.20. The van der Waals surface area contributed by atoms with Crippen LogP contribution < -0.4 is 0 Å². The first-order valence-corrected chi connectivity index (χ1v) is 21.4. The molecule has 0 saturated carbocycles. The average molecular weight is 790 g/mol. The van der Waals surface area contributed by atoms with E-state index < -0.39 is 0 Å². The normalized spacial score (nSPS) is 11.9. The Balaban J connectivity index is 0.932. The lowest BCUT2D eigenvalue weighted by molar-refractivity contribution is 1.18. The molecule has 11 rings (SSSR count). The lowest BCUT2D eigenvalue weighted by Gasteiger charge is -2.16. The van der Waals surface area contributed by atoms with E-state index in [9.17, 15) is 0 Å². The molecule has 1 heterocycles. The first kappa shape index (κ1) is 37.0. The molecule has 0 fully saturated rings. The minimum Gasteiger partial charge on any atom is -0.309 e. The Hall–Kier alpha value is -8.00. The number of allylic oxidation sites excluding steroid dienone is 1. The van der Waals surface area contributed by atoms with Crippen molar-refractivity contribution in [1.29, 1.82) is 0 Å². The van der Waals surface area contributed by atoms with Gasteiger partial charge in [0.15, 0.2) is 0 Å². The first-order valence-electron chi connectivity index (χ1n) is 21.4. The maximum absolute atomic E-state index is 2.39. The highest BCUT2D eigenvalue weighted by Crippen LogP contribution is 2.38. The third-order valence-corrected chi connectivity index (χ3v) is 12.4. The zero-order chi connectivity index (χ0) is 41.4. The molecule has 1 heteroatoms. The molecule has 0 radical (unpaired) electrons. The Morgan fingerprint density at radius 3 is 1.45 bits per heavy atom. The van der Waals surface area contributed by atoms with E-state index in [1.165, 1.54) is 105 Å². The monoisotopic (exact) mass is 789 g/mol. The SMILES string of the molecule is CC(=C(c1ccc(-c2ccccc2)cc1)c1ccc2ccccc2c1)c1ccc(-c2cccc(-c3ccc4c(c3)c3ccccc3n4-c3ccc(-c4ccccc4)cc3)c2)cc1. The van der Waals surface area contributed by atoms with Gasteiger partial charge in [-0.15, -0.1) is 0 Å². The number of hydrogen-bond acceptors (Lipinski definition) is 0. The predicted octanol–water partition coefficient (Wildman–Crippen LogP) is 16.6. The minimum absolute atomic E-state index is 1.16. The lowest BCUT2D eigenvalue weighted by Crippen LogP contribution is -1.94. The van der Waals surface area contributed by atoms with Gasteiger partial charge in [-0.3, -0.25) is 0 Å². The molecule has 0 amide bonds. The number of nitrogens with zero attached hydrogens (tertiary/aromatic N) is 1. The van der Waals surface area contributed by atoms with Crippen molar-refractivity contribution < 1.29 is 0 Å². The number of fused-ring (bicyclic) bond motifs is 4. The Labute approximate surface area is 363 Å². The highest BCUT2D eigenvalue weighted by atomic mass is 15.0. The highest BCUT2D eigenvalue weighted by molar-refractivity contribution is 6.10. The van der Waals surface area contributed by atoms with Crippen LogP contribution in [0.4, 0.5) is 0 Å². The number of benzene rings is 10. The fraction of sp³-hybridized carbons (Fsp3) is 0.0164. The molecule has 1 aromatic heterocycles. The summed E-state index contributed by atoms with van der Waals surface area (Å²) in [6.45, 7) is 2.26. The van der Waals surface area contributed by atoms with Crippen molar-refractivity contribution in [3.63, 3.8) is 0 Å². The van der Waals surface area contributed by atoms with Crippen LogP contribution in [0.2, 0.25) is 0 Å². The summed E-state index contributed by atoms with van der Waals surface area (Å²) in [5, 5.41) is 4.99. The minimum atomic E-state index is 1.16. The van der Waals surface area contributed by atoms with Crippen LogP contribution in [0, 0.1) is 0 Å². The summed E-state index contributed by atoms with van der Waals surface area (Å²) in [6.07, 6.45) is 0. The molecule has 0 bridgehead atoms. The quantitative estimate of drug-likeness (QED) is 0.135. The van der Waals surface area contributed by atoms with E-state index in [2.05, 4.69) is 254 Å². The maximum Gasteiger partial charge on any atom is 0.0541 e. The van der Waals surface area contributed by atoms with Crippen molar-refractivity contribution in [2.75, 3.05) is 0 Å². The number of hydrogen-bond donors (Lipinski definition) is 0. The molecule has 11 aromatic rings. The summed E-state index contributed by atoms with van der Waals surface area (Å²) in [5.74, 6) is 0. The van der Waals surface area contributed by atoms with E-state index in [4.69, 9.17) is 0 Å². The van der Waals surface area contributed by atoms with Gasteiger partial charge >= 0.3 is 0 Å². The van der Waals surface area contributed by atoms with Crippen molar-refractivity contribution in [1.82, 2.24) is 4.57 Å². The standard InChI is InChI=1S/C61H43N/c1-42(61(55-32-29-46-17-8-9-18-51(46)40-55)50-30-27-47(28-31-50)44-13-4-2-5-14-44)43-23-25-49(26-24-43)52-19-12-20-53(39-52)54-35-38-60-58(41-54)57-21-10-11-22-59(57)62(60)56-36-33-48(34-37-56)45-15-6-3-7-16-45/h2-41H,1H3. The number of aromatic nitrogens is 1. The summed E-state index contributed by atoms with van der Waals surface area (Å²) in [5.41, 5.74) is 19.4. The molecule has 1 nitrogen and oxygen atoms in total. The van der Waals surface area contributed by atoms with Gasteiger partial charge in [0.2, 0.25) is 0 Å². The Kier molecular flexibility index (Phi) is 9.48. The number of para-hydroxylation sites is 1. The van der Waals surface area contributed by atoms with E-state index in [1.807, 2.05) is 0 Å². The van der Waals surface area contributed by atoms with Gasteiger partial charge in [-0.05, 0) is 133 Å². The molecular formula is C61H43N. The molecule has 292 valence electrons. The van der Waals surface area contributed by atoms with Gasteiger partial charge in [0.1, 0.15) is 0 Å². The summed E-state index contributed by atoms with van der Waals surface area (Å²) >= 11 is 0. The molecule has 0 aliphatic rings. The molecule has 62 heavy (non-hydrogen) atoms. The van der Waals surface area contributed by atoms with Gasteiger partial charge in [-0.1, -0.05) is 200 Å². The van der Waals surface area contributed by atoms with Crippen LogP contribution in [0.15, 0.2) is 243 Å². The predicted molar refractivity (Wildman–Crippen MR) is 265 cm³/mol. The first-order chi connectivity index (χ1) is 30.6.